The van der Waals surface area contributed by atoms with Crippen molar-refractivity contribution in [1.82, 2.24) is 10.3 Å². The fraction of sp³-hybridized carbons (Fsp3) is 0.250. The Kier molecular flexibility index (Phi) is 12.2. The van der Waals surface area contributed by atoms with Gasteiger partial charge in [-0.25, -0.2) is 4.79 Å². The van der Waals surface area contributed by atoms with Crippen LogP contribution in [-0.2, 0) is 32.1 Å². The Morgan fingerprint density at radius 3 is 2.12 bits per heavy atom. The lowest BCUT2D eigenvalue weighted by molar-refractivity contribution is -0.154. The molecule has 52 heavy (non-hydrogen) atoms. The fourth-order valence-electron chi connectivity index (χ4n) is 7.43. The number of hydrogen-bond donors (Lipinski definition) is 2. The average molecular weight is 715 g/mol. The summed E-state index contributed by atoms with van der Waals surface area (Å²) >= 11 is 6.60. The number of nitrogens with one attached hydrogen (secondary N) is 1. The molecule has 0 saturated heterocycles. The second-order valence-electron chi connectivity index (χ2n) is 13.2. The smallest absolute Gasteiger partial charge is 0.336 e. The SMILES string of the molecule is CC1NC(COCCc2cccnc2)=C(C(=O)OCc2ccccc2)C(c2cccc(Cl)c2)C1(CCC(c1ccccc1)c1ccccc1)C(=O)O. The third-order valence-corrected chi connectivity index (χ3v) is 10.3. The number of carboxylic acid groups (broad SMARTS) is 1. The summed E-state index contributed by atoms with van der Waals surface area (Å²) in [6.07, 6.45) is 4.90. The maximum Gasteiger partial charge on any atom is 0.336 e. The van der Waals surface area contributed by atoms with E-state index in [0.29, 0.717) is 35.7 Å². The Labute approximate surface area is 310 Å². The van der Waals surface area contributed by atoms with Gasteiger partial charge in [-0.3, -0.25) is 9.78 Å². The van der Waals surface area contributed by atoms with Crippen molar-refractivity contribution in [2.45, 2.75) is 50.7 Å². The monoisotopic (exact) mass is 714 g/mol. The van der Waals surface area contributed by atoms with Gasteiger partial charge in [0, 0.05) is 41.0 Å². The molecule has 0 fully saturated rings. The Bertz CT molecular complexity index is 1920. The molecule has 7 nitrogen and oxygen atoms in total. The van der Waals surface area contributed by atoms with Gasteiger partial charge < -0.3 is 19.9 Å². The van der Waals surface area contributed by atoms with Crippen LogP contribution in [0.3, 0.4) is 0 Å². The third kappa shape index (κ3) is 8.44. The minimum absolute atomic E-state index is 0.0281. The summed E-state index contributed by atoms with van der Waals surface area (Å²) in [6, 6.07) is 40.1. The summed E-state index contributed by atoms with van der Waals surface area (Å²) in [7, 11) is 0. The van der Waals surface area contributed by atoms with Gasteiger partial charge in [-0.1, -0.05) is 121 Å². The Balaban J connectivity index is 1.42. The molecule has 266 valence electrons. The molecule has 3 unspecified atom stereocenters. The molecule has 2 heterocycles. The number of benzene rings is 4. The number of nitrogens with zero attached hydrogens (tertiary/aromatic N) is 1. The molecule has 0 radical (unpaired) electrons. The van der Waals surface area contributed by atoms with Crippen LogP contribution < -0.4 is 5.32 Å². The van der Waals surface area contributed by atoms with Crippen molar-refractivity contribution >= 4 is 23.5 Å². The van der Waals surface area contributed by atoms with Crippen LogP contribution >= 0.6 is 11.6 Å². The zero-order chi connectivity index (χ0) is 36.3. The molecule has 6 rings (SSSR count). The minimum atomic E-state index is -1.48. The summed E-state index contributed by atoms with van der Waals surface area (Å²) in [5.41, 5.74) is 3.90. The van der Waals surface area contributed by atoms with Crippen LogP contribution in [0.4, 0.5) is 0 Å². The van der Waals surface area contributed by atoms with Gasteiger partial charge >= 0.3 is 11.9 Å². The van der Waals surface area contributed by atoms with E-state index in [-0.39, 0.29) is 31.1 Å². The van der Waals surface area contributed by atoms with Crippen molar-refractivity contribution in [1.29, 1.82) is 0 Å². The summed E-state index contributed by atoms with van der Waals surface area (Å²) in [4.78, 5) is 32.7. The Morgan fingerprint density at radius 1 is 0.846 bits per heavy atom. The second kappa shape index (κ2) is 17.3. The van der Waals surface area contributed by atoms with Gasteiger partial charge in [0.2, 0.25) is 0 Å². The van der Waals surface area contributed by atoms with Gasteiger partial charge in [0.15, 0.2) is 0 Å². The molecule has 0 saturated carbocycles. The number of halogens is 1. The molecule has 0 amide bonds. The van der Waals surface area contributed by atoms with E-state index in [9.17, 15) is 14.7 Å². The van der Waals surface area contributed by atoms with E-state index in [2.05, 4.69) is 34.6 Å². The largest absolute Gasteiger partial charge is 0.481 e. The van der Waals surface area contributed by atoms with Gasteiger partial charge in [-0.2, -0.15) is 0 Å². The van der Waals surface area contributed by atoms with E-state index in [1.54, 1.807) is 30.6 Å². The van der Waals surface area contributed by atoms with E-state index in [1.807, 2.05) is 91.9 Å². The average Bonchev–Trinajstić information content (AvgIpc) is 3.17. The molecule has 1 aliphatic heterocycles. The van der Waals surface area contributed by atoms with Crippen LogP contribution in [0.5, 0.6) is 0 Å². The lowest BCUT2D eigenvalue weighted by atomic mass is 9.59. The predicted octanol–water partition coefficient (Wildman–Crippen LogP) is 8.75. The number of rotatable bonds is 15. The van der Waals surface area contributed by atoms with Gasteiger partial charge in [-0.05, 0) is 72.2 Å². The van der Waals surface area contributed by atoms with Gasteiger partial charge in [-0.15, -0.1) is 0 Å². The molecule has 1 aliphatic rings. The van der Waals surface area contributed by atoms with Gasteiger partial charge in [0.25, 0.3) is 0 Å². The maximum absolute atomic E-state index is 14.5. The Hall–Kier alpha value is -5.24. The summed E-state index contributed by atoms with van der Waals surface area (Å²) in [5, 5.41) is 15.4. The minimum Gasteiger partial charge on any atom is -0.481 e. The zero-order valence-electron chi connectivity index (χ0n) is 29.2. The van der Waals surface area contributed by atoms with Crippen molar-refractivity contribution in [3.05, 3.63) is 184 Å². The lowest BCUT2D eigenvalue weighted by Gasteiger charge is -2.48. The molecule has 2 N–H and O–H groups in total. The van der Waals surface area contributed by atoms with E-state index >= 15 is 0 Å². The van der Waals surface area contributed by atoms with E-state index in [0.717, 1.165) is 22.3 Å². The molecule has 1 aromatic heterocycles. The number of carbonyl (C=O) groups excluding carboxylic acids is 1. The first-order valence-corrected chi connectivity index (χ1v) is 18.0. The lowest BCUT2D eigenvalue weighted by Crippen LogP contribution is -2.57. The number of hydrogen-bond acceptors (Lipinski definition) is 6. The highest BCUT2D eigenvalue weighted by atomic mass is 35.5. The Morgan fingerprint density at radius 2 is 1.50 bits per heavy atom. The van der Waals surface area contributed by atoms with Crippen molar-refractivity contribution in [2.75, 3.05) is 13.2 Å². The number of carbonyl (C=O) groups is 2. The quantitative estimate of drug-likeness (QED) is 0.0827. The molecule has 8 heteroatoms. The first kappa shape index (κ1) is 36.5. The molecule has 5 aromatic rings. The van der Waals surface area contributed by atoms with Crippen LogP contribution in [0.25, 0.3) is 0 Å². The fourth-order valence-corrected chi connectivity index (χ4v) is 7.63. The van der Waals surface area contributed by atoms with Crippen molar-refractivity contribution in [3.63, 3.8) is 0 Å². The first-order valence-electron chi connectivity index (χ1n) is 17.6. The summed E-state index contributed by atoms with van der Waals surface area (Å²) in [6.45, 7) is 2.34. The number of carboxylic acids is 1. The van der Waals surface area contributed by atoms with Crippen LogP contribution in [0.2, 0.25) is 5.02 Å². The number of pyridine rings is 1. The highest BCUT2D eigenvalue weighted by Crippen LogP contribution is 2.53. The molecule has 0 spiro atoms. The topological polar surface area (TPSA) is 97.8 Å². The van der Waals surface area contributed by atoms with Gasteiger partial charge in [0.1, 0.15) is 6.61 Å². The summed E-state index contributed by atoms with van der Waals surface area (Å²) in [5.74, 6) is -2.61. The van der Waals surface area contributed by atoms with Crippen LogP contribution in [0.1, 0.15) is 59.4 Å². The predicted molar refractivity (Wildman–Crippen MR) is 203 cm³/mol. The maximum atomic E-state index is 14.5. The highest BCUT2D eigenvalue weighted by Gasteiger charge is 2.57. The van der Waals surface area contributed by atoms with Crippen LogP contribution in [0.15, 0.2) is 151 Å². The van der Waals surface area contributed by atoms with Crippen LogP contribution in [0, 0.1) is 5.41 Å². The number of esters is 1. The normalized spacial score (nSPS) is 18.5. The van der Waals surface area contributed by atoms with Crippen LogP contribution in [-0.4, -0.2) is 41.3 Å². The number of aromatic nitrogens is 1. The highest BCUT2D eigenvalue weighted by molar-refractivity contribution is 6.30. The molecule has 3 atom stereocenters. The number of ether oxygens (including phenoxy) is 2. The van der Waals surface area contributed by atoms with E-state index in [4.69, 9.17) is 21.1 Å². The third-order valence-electron chi connectivity index (χ3n) is 10.1. The van der Waals surface area contributed by atoms with Crippen molar-refractivity contribution in [3.8, 4) is 0 Å². The van der Waals surface area contributed by atoms with E-state index in [1.165, 1.54) is 0 Å². The molecular weight excluding hydrogens is 672 g/mol. The number of aliphatic carboxylic acids is 1. The first-order chi connectivity index (χ1) is 25.4. The molecule has 0 aliphatic carbocycles. The second-order valence-corrected chi connectivity index (χ2v) is 13.7. The van der Waals surface area contributed by atoms with E-state index < -0.39 is 29.3 Å². The standard InChI is InChI=1S/C44H43ClN2O5/c1-31-44(43(49)50,24-22-38(34-16-7-3-8-17-34)35-18-9-4-10-19-35)41(36-20-11-21-37(45)27-36)40(42(48)52-29-33-13-5-2-6-14-33)39(47-31)30-51-26-23-32-15-12-25-46-28-32/h2-21,25,27-28,31,38,41,47H,22-24,26,29-30H2,1H3,(H,49,50). The molecular formula is C44H43ClN2O5. The van der Waals surface area contributed by atoms with Crippen molar-refractivity contribution in [2.24, 2.45) is 5.41 Å². The zero-order valence-corrected chi connectivity index (χ0v) is 29.9. The van der Waals surface area contributed by atoms with Gasteiger partial charge in [0.05, 0.1) is 24.2 Å². The molecule has 4 aromatic carbocycles. The summed E-state index contributed by atoms with van der Waals surface area (Å²) < 4.78 is 12.2. The van der Waals surface area contributed by atoms with Crippen molar-refractivity contribution < 1.29 is 24.2 Å². The molecule has 0 bridgehead atoms.